The minimum Gasteiger partial charge on any atom is -0.390 e. The molecule has 88 valence electrons. The molecule has 1 heterocycles. The van der Waals surface area contributed by atoms with Crippen LogP contribution in [-0.4, -0.2) is 36.6 Å². The molecule has 1 saturated heterocycles. The average molecular weight is 222 g/mol. The highest BCUT2D eigenvalue weighted by Crippen LogP contribution is 2.25. The molecule has 2 atom stereocenters. The Morgan fingerprint density at radius 3 is 2.62 bits per heavy atom. The van der Waals surface area contributed by atoms with Gasteiger partial charge < -0.3 is 14.6 Å². The number of hydrogen-bond acceptors (Lipinski definition) is 3. The molecule has 3 heteroatoms. The predicted molar refractivity (Wildman–Crippen MR) is 61.3 cm³/mol. The lowest BCUT2D eigenvalue weighted by Crippen LogP contribution is -2.52. The molecule has 0 bridgehead atoms. The van der Waals surface area contributed by atoms with Crippen molar-refractivity contribution in [1.29, 1.82) is 0 Å². The van der Waals surface area contributed by atoms with Crippen LogP contribution < -0.4 is 0 Å². The number of benzene rings is 1. The normalized spacial score (nSPS) is 27.6. The van der Waals surface area contributed by atoms with Crippen LogP contribution in [0.5, 0.6) is 0 Å². The van der Waals surface area contributed by atoms with E-state index in [-0.39, 0.29) is 0 Å². The third kappa shape index (κ3) is 2.43. The molecule has 2 unspecified atom stereocenters. The number of aliphatic hydroxyl groups is 1. The van der Waals surface area contributed by atoms with Gasteiger partial charge in [0.15, 0.2) is 0 Å². The number of aliphatic hydroxyl groups excluding tert-OH is 1. The molecule has 1 N–H and O–H groups in total. The zero-order chi connectivity index (χ0) is 11.4. The number of ether oxygens (including phenoxy) is 2. The summed E-state index contributed by atoms with van der Waals surface area (Å²) >= 11 is 0. The van der Waals surface area contributed by atoms with Crippen molar-refractivity contribution in [3.63, 3.8) is 0 Å². The SMILES string of the molecule is CC(O)C1(Cc2ccccc2)COCCO1. The van der Waals surface area contributed by atoms with Gasteiger partial charge in [-0.1, -0.05) is 30.3 Å². The van der Waals surface area contributed by atoms with Crippen molar-refractivity contribution in [1.82, 2.24) is 0 Å². The maximum Gasteiger partial charge on any atom is 0.121 e. The second-order valence-corrected chi connectivity index (χ2v) is 4.30. The summed E-state index contributed by atoms with van der Waals surface area (Å²) in [6.07, 6.45) is 0.152. The van der Waals surface area contributed by atoms with Crippen LogP contribution in [0.3, 0.4) is 0 Å². The molecule has 0 saturated carbocycles. The van der Waals surface area contributed by atoms with E-state index in [1.54, 1.807) is 6.92 Å². The number of hydrogen-bond donors (Lipinski definition) is 1. The van der Waals surface area contributed by atoms with Gasteiger partial charge in [-0.3, -0.25) is 0 Å². The highest BCUT2D eigenvalue weighted by molar-refractivity contribution is 5.18. The molecule has 0 aromatic heterocycles. The van der Waals surface area contributed by atoms with E-state index >= 15 is 0 Å². The third-order valence-electron chi connectivity index (χ3n) is 3.07. The molecule has 3 nitrogen and oxygen atoms in total. The van der Waals surface area contributed by atoms with Crippen LogP contribution in [0, 0.1) is 0 Å². The van der Waals surface area contributed by atoms with Gasteiger partial charge in [0.2, 0.25) is 0 Å². The van der Waals surface area contributed by atoms with E-state index in [1.165, 1.54) is 0 Å². The van der Waals surface area contributed by atoms with E-state index in [0.29, 0.717) is 26.2 Å². The van der Waals surface area contributed by atoms with Crippen LogP contribution in [0.2, 0.25) is 0 Å². The van der Waals surface area contributed by atoms with Gasteiger partial charge in [0.25, 0.3) is 0 Å². The third-order valence-corrected chi connectivity index (χ3v) is 3.07. The van der Waals surface area contributed by atoms with Crippen LogP contribution >= 0.6 is 0 Å². The second-order valence-electron chi connectivity index (χ2n) is 4.30. The van der Waals surface area contributed by atoms with Gasteiger partial charge >= 0.3 is 0 Å². The minimum atomic E-state index is -0.584. The maximum atomic E-state index is 9.88. The fraction of sp³-hybridized carbons (Fsp3) is 0.538. The van der Waals surface area contributed by atoms with Crippen molar-refractivity contribution in [3.8, 4) is 0 Å². The van der Waals surface area contributed by atoms with Crippen LogP contribution in [0.4, 0.5) is 0 Å². The van der Waals surface area contributed by atoms with Gasteiger partial charge in [-0.05, 0) is 12.5 Å². The molecule has 16 heavy (non-hydrogen) atoms. The highest BCUT2D eigenvalue weighted by atomic mass is 16.6. The lowest BCUT2D eigenvalue weighted by atomic mass is 9.89. The van der Waals surface area contributed by atoms with Crippen LogP contribution in [-0.2, 0) is 15.9 Å². The van der Waals surface area contributed by atoms with E-state index in [9.17, 15) is 5.11 Å². The second kappa shape index (κ2) is 4.95. The standard InChI is InChI=1S/C13H18O3/c1-11(14)13(10-15-7-8-16-13)9-12-5-3-2-4-6-12/h2-6,11,14H,7-10H2,1H3. The van der Waals surface area contributed by atoms with Crippen molar-refractivity contribution in [3.05, 3.63) is 35.9 Å². The van der Waals surface area contributed by atoms with E-state index in [2.05, 4.69) is 0 Å². The molecule has 2 rings (SSSR count). The Hall–Kier alpha value is -0.900. The van der Waals surface area contributed by atoms with E-state index in [4.69, 9.17) is 9.47 Å². The quantitative estimate of drug-likeness (QED) is 0.840. The summed E-state index contributed by atoms with van der Waals surface area (Å²) in [5.41, 5.74) is 0.577. The first-order valence-electron chi connectivity index (χ1n) is 5.67. The smallest absolute Gasteiger partial charge is 0.121 e. The molecular weight excluding hydrogens is 204 g/mol. The molecule has 0 radical (unpaired) electrons. The van der Waals surface area contributed by atoms with Crippen LogP contribution in [0.25, 0.3) is 0 Å². The maximum absolute atomic E-state index is 9.88. The Morgan fingerprint density at radius 1 is 1.31 bits per heavy atom. The van der Waals surface area contributed by atoms with Crippen LogP contribution in [0.15, 0.2) is 30.3 Å². The summed E-state index contributed by atoms with van der Waals surface area (Å²) in [6.45, 7) is 3.39. The summed E-state index contributed by atoms with van der Waals surface area (Å²) in [7, 11) is 0. The topological polar surface area (TPSA) is 38.7 Å². The monoisotopic (exact) mass is 222 g/mol. The fourth-order valence-electron chi connectivity index (χ4n) is 2.02. The summed E-state index contributed by atoms with van der Waals surface area (Å²) < 4.78 is 11.2. The predicted octanol–water partition coefficient (Wildman–Crippen LogP) is 1.40. The summed E-state index contributed by atoms with van der Waals surface area (Å²) in [4.78, 5) is 0. The first-order valence-corrected chi connectivity index (χ1v) is 5.67. The molecule has 1 aliphatic heterocycles. The number of rotatable bonds is 3. The summed E-state index contributed by atoms with van der Waals surface area (Å²) in [6, 6.07) is 10.1. The molecule has 1 aromatic carbocycles. The zero-order valence-electron chi connectivity index (χ0n) is 9.56. The van der Waals surface area contributed by atoms with Crippen molar-refractivity contribution >= 4 is 0 Å². The molecule has 1 aliphatic rings. The average Bonchev–Trinajstić information content (AvgIpc) is 2.31. The first kappa shape index (κ1) is 11.6. The molecule has 0 aliphatic carbocycles. The largest absolute Gasteiger partial charge is 0.390 e. The molecule has 0 spiro atoms. The van der Waals surface area contributed by atoms with E-state index in [1.807, 2.05) is 30.3 Å². The summed E-state index contributed by atoms with van der Waals surface area (Å²) in [5, 5.41) is 9.88. The lowest BCUT2D eigenvalue weighted by Gasteiger charge is -2.39. The Labute approximate surface area is 96.0 Å². The Bertz CT molecular complexity index is 315. The first-order chi connectivity index (χ1) is 7.73. The fourth-order valence-corrected chi connectivity index (χ4v) is 2.02. The van der Waals surface area contributed by atoms with Crippen molar-refractivity contribution in [2.24, 2.45) is 0 Å². The molecular formula is C13H18O3. The minimum absolute atomic E-state index is 0.458. The Morgan fingerprint density at radius 2 is 2.06 bits per heavy atom. The van der Waals surface area contributed by atoms with Crippen LogP contribution in [0.1, 0.15) is 12.5 Å². The zero-order valence-corrected chi connectivity index (χ0v) is 9.56. The molecule has 0 amide bonds. The lowest BCUT2D eigenvalue weighted by molar-refractivity contribution is -0.197. The summed E-state index contributed by atoms with van der Waals surface area (Å²) in [5.74, 6) is 0. The van der Waals surface area contributed by atoms with Crippen molar-refractivity contribution in [2.45, 2.75) is 25.0 Å². The Kier molecular flexibility index (Phi) is 3.59. The van der Waals surface area contributed by atoms with Gasteiger partial charge in [-0.15, -0.1) is 0 Å². The van der Waals surface area contributed by atoms with Gasteiger partial charge in [-0.25, -0.2) is 0 Å². The van der Waals surface area contributed by atoms with E-state index < -0.39 is 11.7 Å². The Balaban J connectivity index is 2.14. The highest BCUT2D eigenvalue weighted by Gasteiger charge is 2.39. The van der Waals surface area contributed by atoms with Crippen molar-refractivity contribution in [2.75, 3.05) is 19.8 Å². The van der Waals surface area contributed by atoms with E-state index in [0.717, 1.165) is 5.56 Å². The van der Waals surface area contributed by atoms with Crippen molar-refractivity contribution < 1.29 is 14.6 Å². The molecule has 1 fully saturated rings. The van der Waals surface area contributed by atoms with Gasteiger partial charge in [0.05, 0.1) is 25.9 Å². The van der Waals surface area contributed by atoms with Gasteiger partial charge in [0.1, 0.15) is 5.60 Å². The van der Waals surface area contributed by atoms with Gasteiger partial charge in [0, 0.05) is 6.42 Å². The molecule has 1 aromatic rings. The van der Waals surface area contributed by atoms with Gasteiger partial charge in [-0.2, -0.15) is 0 Å².